The van der Waals surface area contributed by atoms with E-state index < -0.39 is 9.84 Å². The summed E-state index contributed by atoms with van der Waals surface area (Å²) in [5.41, 5.74) is 7.51. The summed E-state index contributed by atoms with van der Waals surface area (Å²) in [6.45, 7) is 11.5. The number of sulfone groups is 1. The Hall–Kier alpha value is -1.07. The topological polar surface area (TPSA) is 63.4 Å². The molecule has 2 rings (SSSR count). The third-order valence-electron chi connectivity index (χ3n) is 4.98. The van der Waals surface area contributed by atoms with Crippen molar-refractivity contribution in [1.82, 2.24) is 4.90 Å². The third-order valence-corrected chi connectivity index (χ3v) is 6.78. The smallest absolute Gasteiger partial charge is 0.178 e. The number of hydrogen-bond acceptors (Lipinski definition) is 4. The summed E-state index contributed by atoms with van der Waals surface area (Å²) >= 11 is 0. The normalized spacial score (nSPS) is 23.3. The zero-order valence-corrected chi connectivity index (χ0v) is 15.8. The predicted octanol–water partition coefficient (Wildman–Crippen LogP) is 3.63. The highest BCUT2D eigenvalue weighted by molar-refractivity contribution is 7.91. The van der Waals surface area contributed by atoms with Crippen LogP contribution in [0.3, 0.4) is 0 Å². The molecule has 130 valence electrons. The van der Waals surface area contributed by atoms with Gasteiger partial charge < -0.3 is 5.73 Å². The van der Waals surface area contributed by atoms with Crippen LogP contribution < -0.4 is 5.73 Å². The molecule has 5 heteroatoms. The van der Waals surface area contributed by atoms with Crippen LogP contribution in [0.2, 0.25) is 0 Å². The Morgan fingerprint density at radius 1 is 1.26 bits per heavy atom. The minimum atomic E-state index is -3.27. The highest BCUT2D eigenvalue weighted by atomic mass is 32.2. The molecule has 0 unspecified atom stereocenters. The number of benzene rings is 1. The van der Waals surface area contributed by atoms with Crippen LogP contribution in [0.5, 0.6) is 0 Å². The van der Waals surface area contributed by atoms with Crippen molar-refractivity contribution in [1.29, 1.82) is 0 Å². The van der Waals surface area contributed by atoms with Gasteiger partial charge in [-0.1, -0.05) is 20.3 Å². The van der Waals surface area contributed by atoms with Crippen molar-refractivity contribution in [3.63, 3.8) is 0 Å². The van der Waals surface area contributed by atoms with Crippen LogP contribution in [0.4, 0.5) is 5.69 Å². The van der Waals surface area contributed by atoms with Crippen LogP contribution in [-0.2, 0) is 9.84 Å². The lowest BCUT2D eigenvalue weighted by Gasteiger charge is -2.39. The molecule has 1 aliphatic rings. The molecule has 0 saturated carbocycles. The fourth-order valence-corrected chi connectivity index (χ4v) is 4.82. The Bertz CT molecular complexity index is 662. The molecule has 1 heterocycles. The molecule has 1 aromatic carbocycles. The first-order chi connectivity index (χ1) is 10.6. The van der Waals surface area contributed by atoms with Gasteiger partial charge in [0.05, 0.1) is 10.6 Å². The Labute approximate surface area is 141 Å². The zero-order valence-electron chi connectivity index (χ0n) is 15.0. The summed E-state index contributed by atoms with van der Waals surface area (Å²) in [5.74, 6) is 0.574. The van der Waals surface area contributed by atoms with Gasteiger partial charge in [-0.05, 0) is 63.4 Å². The fourth-order valence-electron chi connectivity index (χ4n) is 3.70. The summed E-state index contributed by atoms with van der Waals surface area (Å²) < 4.78 is 25.2. The van der Waals surface area contributed by atoms with Crippen LogP contribution >= 0.6 is 0 Å². The standard InChI is InChI=1S/C18H30N2O2S/c1-6-13-10-11-20(18(3,4)5)17(13)15-12-14(19)8-9-16(15)23(21,22)7-2/h8-9,12-13,17H,6-7,10-11,19H2,1-5H3/t13-,17-/m1/s1. The van der Waals surface area contributed by atoms with E-state index in [-0.39, 0.29) is 17.3 Å². The molecule has 1 aromatic rings. The SMILES string of the molecule is CC[C@@H]1CCN(C(C)(C)C)[C@H]1c1cc(N)ccc1S(=O)(=O)CC. The monoisotopic (exact) mass is 338 g/mol. The summed E-state index contributed by atoms with van der Waals surface area (Å²) in [4.78, 5) is 2.89. The molecule has 0 spiro atoms. The molecule has 23 heavy (non-hydrogen) atoms. The molecule has 1 aliphatic heterocycles. The summed E-state index contributed by atoms with van der Waals surface area (Å²) in [5, 5.41) is 0. The molecule has 0 aliphatic carbocycles. The van der Waals surface area contributed by atoms with Gasteiger partial charge in [0, 0.05) is 17.3 Å². The molecule has 2 N–H and O–H groups in total. The molecular weight excluding hydrogens is 308 g/mol. The van der Waals surface area contributed by atoms with Crippen LogP contribution in [0.15, 0.2) is 23.1 Å². The number of nitrogens with zero attached hydrogens (tertiary/aromatic N) is 1. The Kier molecular flexibility index (Phi) is 5.12. The van der Waals surface area contributed by atoms with Gasteiger partial charge in [-0.2, -0.15) is 0 Å². The fraction of sp³-hybridized carbons (Fsp3) is 0.667. The van der Waals surface area contributed by atoms with Crippen LogP contribution in [0, 0.1) is 5.92 Å². The van der Waals surface area contributed by atoms with E-state index in [0.29, 0.717) is 16.5 Å². The molecule has 0 radical (unpaired) electrons. The quantitative estimate of drug-likeness (QED) is 0.852. The minimum Gasteiger partial charge on any atom is -0.399 e. The van der Waals surface area contributed by atoms with E-state index in [1.54, 1.807) is 19.1 Å². The molecule has 0 amide bonds. The molecule has 1 fully saturated rings. The molecule has 0 bridgehead atoms. The molecule has 1 saturated heterocycles. The predicted molar refractivity (Wildman–Crippen MR) is 96.2 cm³/mol. The number of nitrogens with two attached hydrogens (primary N) is 1. The van der Waals surface area contributed by atoms with Crippen molar-refractivity contribution >= 4 is 15.5 Å². The summed E-state index contributed by atoms with van der Waals surface area (Å²) in [6, 6.07) is 5.37. The van der Waals surface area contributed by atoms with E-state index in [0.717, 1.165) is 24.9 Å². The van der Waals surface area contributed by atoms with E-state index in [4.69, 9.17) is 5.73 Å². The second kappa shape index (κ2) is 6.44. The lowest BCUT2D eigenvalue weighted by atomic mass is 9.89. The molecule has 4 nitrogen and oxygen atoms in total. The van der Waals surface area contributed by atoms with E-state index in [9.17, 15) is 8.42 Å². The lowest BCUT2D eigenvalue weighted by molar-refractivity contribution is 0.105. The number of likely N-dealkylation sites (tertiary alicyclic amines) is 1. The van der Waals surface area contributed by atoms with Crippen molar-refractivity contribution in [2.75, 3.05) is 18.0 Å². The zero-order chi connectivity index (χ0) is 17.4. The van der Waals surface area contributed by atoms with Crippen molar-refractivity contribution in [2.24, 2.45) is 5.92 Å². The van der Waals surface area contributed by atoms with Crippen molar-refractivity contribution in [2.45, 2.75) is 63.9 Å². The lowest BCUT2D eigenvalue weighted by Crippen LogP contribution is -2.42. The van der Waals surface area contributed by atoms with Gasteiger partial charge in [0.1, 0.15) is 0 Å². The molecule has 0 aromatic heterocycles. The molecular formula is C18H30N2O2S. The largest absolute Gasteiger partial charge is 0.399 e. The first-order valence-corrected chi connectivity index (χ1v) is 10.2. The van der Waals surface area contributed by atoms with E-state index in [1.165, 1.54) is 0 Å². The van der Waals surface area contributed by atoms with Crippen LogP contribution in [0.25, 0.3) is 0 Å². The van der Waals surface area contributed by atoms with Crippen molar-refractivity contribution < 1.29 is 8.42 Å². The number of hydrogen-bond donors (Lipinski definition) is 1. The summed E-state index contributed by atoms with van der Waals surface area (Å²) in [7, 11) is -3.27. The van der Waals surface area contributed by atoms with Gasteiger partial charge in [-0.3, -0.25) is 4.90 Å². The van der Waals surface area contributed by atoms with Gasteiger partial charge in [0.2, 0.25) is 0 Å². The maximum atomic E-state index is 12.6. The van der Waals surface area contributed by atoms with Crippen molar-refractivity contribution in [3.8, 4) is 0 Å². The van der Waals surface area contributed by atoms with E-state index >= 15 is 0 Å². The maximum absolute atomic E-state index is 12.6. The van der Waals surface area contributed by atoms with E-state index in [1.807, 2.05) is 6.07 Å². The van der Waals surface area contributed by atoms with E-state index in [2.05, 4.69) is 32.6 Å². The Balaban J connectivity index is 2.64. The second-order valence-corrected chi connectivity index (χ2v) is 9.71. The highest BCUT2D eigenvalue weighted by Crippen LogP contribution is 2.45. The van der Waals surface area contributed by atoms with Crippen LogP contribution in [-0.4, -0.2) is 31.2 Å². The maximum Gasteiger partial charge on any atom is 0.178 e. The van der Waals surface area contributed by atoms with Gasteiger partial charge in [0.25, 0.3) is 0 Å². The van der Waals surface area contributed by atoms with Gasteiger partial charge in [-0.15, -0.1) is 0 Å². The minimum absolute atomic E-state index is 0.00750. The number of anilines is 1. The molecule has 2 atom stereocenters. The first kappa shape index (κ1) is 18.3. The van der Waals surface area contributed by atoms with Gasteiger partial charge in [-0.25, -0.2) is 8.42 Å². The third kappa shape index (κ3) is 3.56. The van der Waals surface area contributed by atoms with Crippen LogP contribution in [0.1, 0.15) is 59.1 Å². The number of nitrogen functional groups attached to an aromatic ring is 1. The van der Waals surface area contributed by atoms with Crippen molar-refractivity contribution in [3.05, 3.63) is 23.8 Å². The number of rotatable bonds is 4. The second-order valence-electron chi connectivity index (χ2n) is 7.47. The Morgan fingerprint density at radius 3 is 2.43 bits per heavy atom. The Morgan fingerprint density at radius 2 is 1.91 bits per heavy atom. The highest BCUT2D eigenvalue weighted by Gasteiger charge is 2.41. The first-order valence-electron chi connectivity index (χ1n) is 8.50. The summed E-state index contributed by atoms with van der Waals surface area (Å²) in [6.07, 6.45) is 2.14. The van der Waals surface area contributed by atoms with Gasteiger partial charge in [0.15, 0.2) is 9.84 Å². The average Bonchev–Trinajstić information content (AvgIpc) is 2.90. The van der Waals surface area contributed by atoms with Gasteiger partial charge >= 0.3 is 0 Å². The average molecular weight is 339 g/mol.